The smallest absolute Gasteiger partial charge is 0.307 e. The Kier molecular flexibility index (Phi) is 10.6. The van der Waals surface area contributed by atoms with E-state index in [0.717, 1.165) is 12.8 Å². The molecule has 2 rings (SSSR count). The molecular weight excluding hydrogens is 416 g/mol. The Hall–Kier alpha value is -2.98. The second-order valence-electron chi connectivity index (χ2n) is 7.43. The van der Waals surface area contributed by atoms with Crippen LogP contribution in [0.3, 0.4) is 0 Å². The Bertz CT molecular complexity index is 783. The zero-order valence-electron chi connectivity index (χ0n) is 18.6. The quantitative estimate of drug-likeness (QED) is 0.315. The van der Waals surface area contributed by atoms with Crippen LogP contribution in [-0.2, 0) is 23.9 Å². The van der Waals surface area contributed by atoms with Gasteiger partial charge < -0.3 is 25.4 Å². The van der Waals surface area contributed by atoms with Crippen molar-refractivity contribution in [3.8, 4) is 0 Å². The molecule has 3 N–H and O–H groups in total. The maximum Gasteiger partial charge on any atom is 0.307 e. The van der Waals surface area contributed by atoms with Gasteiger partial charge >= 0.3 is 5.97 Å². The summed E-state index contributed by atoms with van der Waals surface area (Å²) in [5.41, 5.74) is 0.994. The highest BCUT2D eigenvalue weighted by Crippen LogP contribution is 2.13. The lowest BCUT2D eigenvalue weighted by atomic mass is 10.1. The Balaban J connectivity index is 1.88. The van der Waals surface area contributed by atoms with Crippen LogP contribution in [0.2, 0.25) is 0 Å². The molecule has 10 nitrogen and oxygen atoms in total. The summed E-state index contributed by atoms with van der Waals surface area (Å²) in [6.45, 7) is 3.96. The van der Waals surface area contributed by atoms with E-state index in [4.69, 9.17) is 9.47 Å². The summed E-state index contributed by atoms with van der Waals surface area (Å²) in [5.74, 6) is -1.29. The van der Waals surface area contributed by atoms with Crippen LogP contribution in [0.25, 0.3) is 0 Å². The highest BCUT2D eigenvalue weighted by atomic mass is 16.5. The molecule has 1 aromatic carbocycles. The van der Waals surface area contributed by atoms with Gasteiger partial charge in [0.2, 0.25) is 11.8 Å². The highest BCUT2D eigenvalue weighted by molar-refractivity contribution is 5.96. The number of nitrogens with zero attached hydrogens (tertiary/aromatic N) is 1. The summed E-state index contributed by atoms with van der Waals surface area (Å²) in [6, 6.07) is 5.74. The van der Waals surface area contributed by atoms with Crippen molar-refractivity contribution in [2.24, 2.45) is 0 Å². The van der Waals surface area contributed by atoms with Crippen LogP contribution in [0.15, 0.2) is 24.3 Å². The predicted octanol–water partition coefficient (Wildman–Crippen LogP) is 0.535. The number of unbranched alkanes of at least 4 members (excludes halogenated alkanes) is 1. The number of carbonyl (C=O) groups excluding carboxylic acids is 4. The summed E-state index contributed by atoms with van der Waals surface area (Å²) in [7, 11) is 1.56. The minimum absolute atomic E-state index is 0.0421. The van der Waals surface area contributed by atoms with E-state index in [-0.39, 0.29) is 30.7 Å². The molecule has 1 saturated heterocycles. The summed E-state index contributed by atoms with van der Waals surface area (Å²) in [4.78, 5) is 50.5. The van der Waals surface area contributed by atoms with Gasteiger partial charge in [0.15, 0.2) is 0 Å². The van der Waals surface area contributed by atoms with Crippen LogP contribution in [-0.4, -0.2) is 81.1 Å². The van der Waals surface area contributed by atoms with E-state index in [9.17, 15) is 19.2 Å². The molecule has 1 aliphatic heterocycles. The van der Waals surface area contributed by atoms with Crippen molar-refractivity contribution < 1.29 is 28.7 Å². The average molecular weight is 449 g/mol. The molecule has 1 fully saturated rings. The molecule has 0 radical (unpaired) electrons. The van der Waals surface area contributed by atoms with Crippen molar-refractivity contribution >= 4 is 29.4 Å². The Morgan fingerprint density at radius 3 is 2.62 bits per heavy atom. The number of hydrogen-bond donors (Lipinski definition) is 3. The standard InChI is InChI=1S/C22H32N4O6/c1-3-4-12-32-20(28)14-18-22(30)23-9-11-26(18)15-19(27)25-17-7-5-16(6-8-17)21(29)24-10-13-31-2/h5-8,18H,3-4,9-15H2,1-2H3,(H,23,30)(H,24,29)(H,25,27). The van der Waals surface area contributed by atoms with E-state index in [0.29, 0.717) is 44.1 Å². The first kappa shape index (κ1) is 25.3. The van der Waals surface area contributed by atoms with E-state index in [2.05, 4.69) is 16.0 Å². The molecule has 1 heterocycles. The molecule has 0 aromatic heterocycles. The lowest BCUT2D eigenvalue weighted by Crippen LogP contribution is -2.57. The maximum absolute atomic E-state index is 12.5. The van der Waals surface area contributed by atoms with Gasteiger partial charge in [-0.2, -0.15) is 0 Å². The second kappa shape index (κ2) is 13.4. The Morgan fingerprint density at radius 1 is 1.19 bits per heavy atom. The molecule has 3 amide bonds. The van der Waals surface area contributed by atoms with Crippen LogP contribution in [0, 0.1) is 0 Å². The zero-order valence-corrected chi connectivity index (χ0v) is 18.6. The fraction of sp³-hybridized carbons (Fsp3) is 0.545. The van der Waals surface area contributed by atoms with Gasteiger partial charge in [-0.1, -0.05) is 13.3 Å². The second-order valence-corrected chi connectivity index (χ2v) is 7.43. The SMILES string of the molecule is CCCCOC(=O)CC1C(=O)NCCN1CC(=O)Nc1ccc(C(=O)NCCOC)cc1. The number of methoxy groups -OCH3 is 1. The minimum Gasteiger partial charge on any atom is -0.466 e. The number of anilines is 1. The number of ether oxygens (including phenoxy) is 2. The van der Waals surface area contributed by atoms with E-state index >= 15 is 0 Å². The van der Waals surface area contributed by atoms with Gasteiger partial charge in [-0.15, -0.1) is 0 Å². The van der Waals surface area contributed by atoms with Gasteiger partial charge in [0, 0.05) is 38.0 Å². The monoisotopic (exact) mass is 448 g/mol. The van der Waals surface area contributed by atoms with Crippen LogP contribution in [0.4, 0.5) is 5.69 Å². The van der Waals surface area contributed by atoms with Gasteiger partial charge in [0.1, 0.15) is 6.04 Å². The fourth-order valence-electron chi connectivity index (χ4n) is 3.18. The lowest BCUT2D eigenvalue weighted by Gasteiger charge is -2.33. The van der Waals surface area contributed by atoms with Crippen LogP contribution < -0.4 is 16.0 Å². The Morgan fingerprint density at radius 2 is 1.94 bits per heavy atom. The highest BCUT2D eigenvalue weighted by Gasteiger charge is 2.33. The molecule has 32 heavy (non-hydrogen) atoms. The number of piperazine rings is 1. The lowest BCUT2D eigenvalue weighted by molar-refractivity contribution is -0.149. The summed E-state index contributed by atoms with van der Waals surface area (Å²) in [6.07, 6.45) is 1.57. The molecule has 1 aliphatic rings. The van der Waals surface area contributed by atoms with Crippen molar-refractivity contribution in [3.63, 3.8) is 0 Å². The third-order valence-electron chi connectivity index (χ3n) is 4.93. The van der Waals surface area contributed by atoms with E-state index in [1.54, 1.807) is 36.3 Å². The van der Waals surface area contributed by atoms with E-state index in [1.807, 2.05) is 6.92 Å². The van der Waals surface area contributed by atoms with E-state index in [1.165, 1.54) is 0 Å². The number of rotatable bonds is 12. The fourth-order valence-corrected chi connectivity index (χ4v) is 3.18. The number of amides is 3. The first-order valence-electron chi connectivity index (χ1n) is 10.8. The topological polar surface area (TPSA) is 126 Å². The van der Waals surface area contributed by atoms with Crippen molar-refractivity contribution in [1.82, 2.24) is 15.5 Å². The Labute approximate surface area is 188 Å². The number of esters is 1. The maximum atomic E-state index is 12.5. The molecule has 176 valence electrons. The molecule has 0 bridgehead atoms. The molecule has 1 aromatic rings. The van der Waals surface area contributed by atoms with Gasteiger partial charge in [-0.25, -0.2) is 0 Å². The van der Waals surface area contributed by atoms with Crippen molar-refractivity contribution in [3.05, 3.63) is 29.8 Å². The molecule has 0 saturated carbocycles. The zero-order chi connectivity index (χ0) is 23.3. The van der Waals surface area contributed by atoms with Gasteiger partial charge in [-0.05, 0) is 30.7 Å². The normalized spacial score (nSPS) is 16.2. The van der Waals surface area contributed by atoms with Crippen molar-refractivity contribution in [2.45, 2.75) is 32.2 Å². The number of hydrogen-bond acceptors (Lipinski definition) is 7. The van der Waals surface area contributed by atoms with Crippen molar-refractivity contribution in [1.29, 1.82) is 0 Å². The molecule has 0 aliphatic carbocycles. The molecule has 10 heteroatoms. The summed E-state index contributed by atoms with van der Waals surface area (Å²) in [5, 5.41) is 8.21. The molecular formula is C22H32N4O6. The third-order valence-corrected chi connectivity index (χ3v) is 4.93. The van der Waals surface area contributed by atoms with Crippen molar-refractivity contribution in [2.75, 3.05) is 51.8 Å². The molecule has 1 atom stereocenters. The predicted molar refractivity (Wildman–Crippen MR) is 118 cm³/mol. The summed E-state index contributed by atoms with van der Waals surface area (Å²) < 4.78 is 10.1. The third kappa shape index (κ3) is 8.27. The van der Waals surface area contributed by atoms with Gasteiger partial charge in [0.05, 0.1) is 26.2 Å². The molecule has 1 unspecified atom stereocenters. The number of carbonyl (C=O) groups is 4. The largest absolute Gasteiger partial charge is 0.466 e. The van der Waals surface area contributed by atoms with Gasteiger partial charge in [0.25, 0.3) is 5.91 Å². The van der Waals surface area contributed by atoms with Crippen LogP contribution >= 0.6 is 0 Å². The van der Waals surface area contributed by atoms with E-state index < -0.39 is 12.0 Å². The number of benzene rings is 1. The number of nitrogens with one attached hydrogen (secondary N) is 3. The van der Waals surface area contributed by atoms with Gasteiger partial charge in [-0.3, -0.25) is 24.1 Å². The first-order valence-corrected chi connectivity index (χ1v) is 10.8. The summed E-state index contributed by atoms with van der Waals surface area (Å²) >= 11 is 0. The average Bonchev–Trinajstić information content (AvgIpc) is 2.77. The van der Waals surface area contributed by atoms with Crippen LogP contribution in [0.5, 0.6) is 0 Å². The van der Waals surface area contributed by atoms with Crippen LogP contribution in [0.1, 0.15) is 36.5 Å². The minimum atomic E-state index is -0.748. The molecule has 0 spiro atoms. The first-order chi connectivity index (χ1) is 15.4.